The predicted molar refractivity (Wildman–Crippen MR) is 113 cm³/mol. The molecule has 1 N–H and O–H groups in total. The van der Waals surface area contributed by atoms with E-state index >= 15 is 0 Å². The number of carbonyl (C=O) groups excluding carboxylic acids is 2. The number of aromatic amines is 1. The zero-order valence-electron chi connectivity index (χ0n) is 18.9. The van der Waals surface area contributed by atoms with Gasteiger partial charge in [0.05, 0.1) is 25.2 Å². The van der Waals surface area contributed by atoms with Gasteiger partial charge >= 0.3 is 12.1 Å². The number of ether oxygens (including phenoxy) is 1. The van der Waals surface area contributed by atoms with Crippen LogP contribution in [-0.2, 0) is 14.3 Å². The van der Waals surface area contributed by atoms with E-state index in [0.29, 0.717) is 4.90 Å². The summed E-state index contributed by atoms with van der Waals surface area (Å²) in [5.74, 6) is -6.22. The molecule has 0 aromatic carbocycles. The van der Waals surface area contributed by atoms with Crippen LogP contribution in [0.15, 0.2) is 29.7 Å². The fourth-order valence-electron chi connectivity index (χ4n) is 4.90. The van der Waals surface area contributed by atoms with Crippen molar-refractivity contribution in [3.63, 3.8) is 0 Å². The van der Waals surface area contributed by atoms with Gasteiger partial charge in [0.15, 0.2) is 10.9 Å². The number of methoxy groups -OCH3 is 1. The molecule has 8 nitrogen and oxygen atoms in total. The van der Waals surface area contributed by atoms with Gasteiger partial charge in [0.1, 0.15) is 18.0 Å². The minimum atomic E-state index is -5.26. The van der Waals surface area contributed by atoms with Gasteiger partial charge in [-0.15, -0.1) is 6.58 Å². The van der Waals surface area contributed by atoms with Crippen molar-refractivity contribution >= 4 is 22.9 Å². The molecule has 1 saturated heterocycles. The molecule has 0 spiro atoms. The van der Waals surface area contributed by atoms with Crippen LogP contribution in [0.3, 0.4) is 0 Å². The summed E-state index contributed by atoms with van der Waals surface area (Å²) in [5, 5.41) is 0. The molecule has 1 aliphatic heterocycles. The molecule has 1 saturated carbocycles. The Morgan fingerprint density at radius 1 is 1.36 bits per heavy atom. The molecule has 0 bridgehead atoms. The Morgan fingerprint density at radius 3 is 2.58 bits per heavy atom. The van der Waals surface area contributed by atoms with Crippen LogP contribution in [0, 0.1) is 5.41 Å². The highest BCUT2D eigenvalue weighted by molar-refractivity contribution is 5.86. The third kappa shape index (κ3) is 4.05. The Kier molecular flexibility index (Phi) is 6.20. The second-order valence-corrected chi connectivity index (χ2v) is 9.07. The highest BCUT2D eigenvalue weighted by atomic mass is 19.4. The standard InChI is InChI=1S/C22H22F6N4O4/c1-3-4-13(18(34)36-2)31-6-5-12-15(17(31)33)30-16(29-12)14-7-11(23)8-32(14)19(35)20(22(26,27)28)9-21(24,25)10-20/h3,5-6,11,13-14H,1,4,7-10H2,2H3,(H,29,30)/t11-,13+,14+/m1/s1. The largest absolute Gasteiger partial charge is 0.467 e. The van der Waals surface area contributed by atoms with Crippen LogP contribution in [0.1, 0.15) is 43.6 Å². The first kappa shape index (κ1) is 25.8. The Balaban J connectivity index is 1.72. The Morgan fingerprint density at radius 2 is 2.03 bits per heavy atom. The minimum absolute atomic E-state index is 0.0496. The lowest BCUT2D eigenvalue weighted by Gasteiger charge is -2.48. The van der Waals surface area contributed by atoms with E-state index in [1.165, 1.54) is 18.3 Å². The second kappa shape index (κ2) is 8.66. The zero-order chi connectivity index (χ0) is 26.6. The molecule has 0 unspecified atom stereocenters. The van der Waals surface area contributed by atoms with Gasteiger partial charge in [-0.2, -0.15) is 13.2 Å². The number of likely N-dealkylation sites (tertiary alicyclic amines) is 1. The number of aromatic nitrogens is 3. The first-order valence-electron chi connectivity index (χ1n) is 10.9. The third-order valence-corrected chi connectivity index (χ3v) is 6.69. The second-order valence-electron chi connectivity index (χ2n) is 9.07. The number of pyridine rings is 1. The van der Waals surface area contributed by atoms with E-state index in [0.717, 1.165) is 11.7 Å². The van der Waals surface area contributed by atoms with E-state index in [2.05, 4.69) is 16.5 Å². The van der Waals surface area contributed by atoms with Crippen LogP contribution in [0.2, 0.25) is 0 Å². The highest BCUT2D eigenvalue weighted by Crippen LogP contribution is 2.61. The molecule has 196 valence electrons. The van der Waals surface area contributed by atoms with Crippen LogP contribution in [-0.4, -0.2) is 63.2 Å². The summed E-state index contributed by atoms with van der Waals surface area (Å²) in [6, 6.07) is -1.02. The molecule has 3 heterocycles. The first-order chi connectivity index (χ1) is 16.7. The maximum atomic E-state index is 14.4. The third-order valence-electron chi connectivity index (χ3n) is 6.69. The lowest BCUT2D eigenvalue weighted by Crippen LogP contribution is -2.63. The Labute approximate surface area is 199 Å². The van der Waals surface area contributed by atoms with Crippen molar-refractivity contribution in [2.45, 2.75) is 56.0 Å². The van der Waals surface area contributed by atoms with Crippen molar-refractivity contribution in [2.75, 3.05) is 13.7 Å². The van der Waals surface area contributed by atoms with Crippen LogP contribution in [0.25, 0.3) is 11.0 Å². The van der Waals surface area contributed by atoms with Gasteiger partial charge in [-0.25, -0.2) is 22.9 Å². The lowest BCUT2D eigenvalue weighted by atomic mass is 9.64. The van der Waals surface area contributed by atoms with Crippen molar-refractivity contribution < 1.29 is 40.7 Å². The smallest absolute Gasteiger partial charge is 0.403 e. The number of hydrogen-bond donors (Lipinski definition) is 1. The van der Waals surface area contributed by atoms with Gasteiger partial charge in [-0.05, 0) is 12.5 Å². The average Bonchev–Trinajstić information content (AvgIpc) is 3.38. The Bertz CT molecular complexity index is 1260. The minimum Gasteiger partial charge on any atom is -0.467 e. The van der Waals surface area contributed by atoms with Crippen molar-refractivity contribution in [1.82, 2.24) is 19.4 Å². The number of H-pyrrole nitrogens is 1. The van der Waals surface area contributed by atoms with Gasteiger partial charge in [0.2, 0.25) is 5.91 Å². The van der Waals surface area contributed by atoms with E-state index in [9.17, 15) is 40.7 Å². The number of nitrogens with zero attached hydrogens (tertiary/aromatic N) is 3. The average molecular weight is 520 g/mol. The Hall–Kier alpha value is -3.32. The predicted octanol–water partition coefficient (Wildman–Crippen LogP) is 3.60. The van der Waals surface area contributed by atoms with Gasteiger partial charge in [0, 0.05) is 25.5 Å². The topological polar surface area (TPSA) is 97.3 Å². The summed E-state index contributed by atoms with van der Waals surface area (Å²) in [6.07, 6.45) is -8.14. The number of esters is 1. The van der Waals surface area contributed by atoms with Gasteiger partial charge < -0.3 is 14.6 Å². The molecule has 1 aliphatic carbocycles. The van der Waals surface area contributed by atoms with Gasteiger partial charge in [0.25, 0.3) is 11.5 Å². The van der Waals surface area contributed by atoms with E-state index in [1.54, 1.807) is 0 Å². The monoisotopic (exact) mass is 520 g/mol. The summed E-state index contributed by atoms with van der Waals surface area (Å²) in [7, 11) is 1.14. The zero-order valence-corrected chi connectivity index (χ0v) is 18.9. The molecule has 1 amide bonds. The summed E-state index contributed by atoms with van der Waals surface area (Å²) < 4.78 is 88.3. The maximum Gasteiger partial charge on any atom is 0.403 e. The molecular weight excluding hydrogens is 498 g/mol. The number of carbonyl (C=O) groups is 2. The summed E-state index contributed by atoms with van der Waals surface area (Å²) in [4.78, 5) is 45.5. The molecule has 36 heavy (non-hydrogen) atoms. The van der Waals surface area contributed by atoms with E-state index in [4.69, 9.17) is 4.74 Å². The number of rotatable bonds is 6. The number of alkyl halides is 6. The number of nitrogens with one attached hydrogen (secondary N) is 1. The lowest BCUT2D eigenvalue weighted by molar-refractivity contribution is -0.299. The number of imidazole rings is 1. The quantitative estimate of drug-likeness (QED) is 0.357. The SMILES string of the molecule is C=CC[C@@H](C(=O)OC)n1ccc2[nH]c([C@@H]3C[C@@H](F)CN3C(=O)C3(C(F)(F)F)CC(F)(F)C3)nc2c1=O. The molecule has 3 atom stereocenters. The molecule has 2 fully saturated rings. The summed E-state index contributed by atoms with van der Waals surface area (Å²) in [5.41, 5.74) is -4.15. The molecule has 14 heteroatoms. The summed E-state index contributed by atoms with van der Waals surface area (Å²) >= 11 is 0. The fourth-order valence-corrected chi connectivity index (χ4v) is 4.90. The van der Waals surface area contributed by atoms with E-state index < -0.39 is 79.0 Å². The van der Waals surface area contributed by atoms with Crippen LogP contribution in [0.4, 0.5) is 26.3 Å². The van der Waals surface area contributed by atoms with Crippen molar-refractivity contribution in [2.24, 2.45) is 5.41 Å². The number of allylic oxidation sites excluding steroid dienone is 1. The number of amides is 1. The van der Waals surface area contributed by atoms with Crippen molar-refractivity contribution in [3.05, 3.63) is 41.1 Å². The fraction of sp³-hybridized carbons (Fsp3) is 0.545. The van der Waals surface area contributed by atoms with Crippen molar-refractivity contribution in [1.29, 1.82) is 0 Å². The number of halogens is 6. The van der Waals surface area contributed by atoms with Crippen LogP contribution < -0.4 is 5.56 Å². The van der Waals surface area contributed by atoms with Gasteiger partial charge in [-0.1, -0.05) is 6.08 Å². The summed E-state index contributed by atoms with van der Waals surface area (Å²) in [6.45, 7) is 2.80. The van der Waals surface area contributed by atoms with E-state index in [1.807, 2.05) is 0 Å². The molecule has 2 aliphatic rings. The molecular formula is C22H22F6N4O4. The molecule has 2 aromatic rings. The normalized spacial score (nSPS) is 23.8. The van der Waals surface area contributed by atoms with Crippen LogP contribution in [0.5, 0.6) is 0 Å². The maximum absolute atomic E-state index is 14.4. The highest BCUT2D eigenvalue weighted by Gasteiger charge is 2.74. The number of hydrogen-bond acceptors (Lipinski definition) is 5. The van der Waals surface area contributed by atoms with Crippen molar-refractivity contribution in [3.8, 4) is 0 Å². The van der Waals surface area contributed by atoms with E-state index in [-0.39, 0.29) is 23.3 Å². The molecule has 0 radical (unpaired) electrons. The molecule has 4 rings (SSSR count). The molecule has 2 aromatic heterocycles. The van der Waals surface area contributed by atoms with Gasteiger partial charge in [-0.3, -0.25) is 14.2 Å². The number of fused-ring (bicyclic) bond motifs is 1. The van der Waals surface area contributed by atoms with Crippen LogP contribution >= 0.6 is 0 Å². The first-order valence-corrected chi connectivity index (χ1v) is 10.9.